The molecule has 0 fully saturated rings. The number of methoxy groups -OCH3 is 1. The third-order valence-corrected chi connectivity index (χ3v) is 3.40. The Kier molecular flexibility index (Phi) is 6.32. The van der Waals surface area contributed by atoms with Crippen LogP contribution in [-0.4, -0.2) is 28.7 Å². The molecule has 0 aliphatic rings. The molecule has 0 unspecified atom stereocenters. The van der Waals surface area contributed by atoms with E-state index in [1.807, 2.05) is 30.9 Å². The Morgan fingerprint density at radius 1 is 1.39 bits per heavy atom. The molecule has 2 rings (SSSR count). The molecule has 1 aromatic carbocycles. The van der Waals surface area contributed by atoms with Gasteiger partial charge in [-0.2, -0.15) is 0 Å². The molecule has 1 amide bonds. The lowest BCUT2D eigenvalue weighted by molar-refractivity contribution is -0.677. The van der Waals surface area contributed by atoms with Crippen LogP contribution in [0.15, 0.2) is 30.6 Å². The van der Waals surface area contributed by atoms with E-state index in [0.29, 0.717) is 5.69 Å². The Morgan fingerprint density at radius 3 is 2.61 bits per heavy atom. The fraction of sp³-hybridized carbons (Fsp3) is 0.267. The number of imidazole rings is 1. The van der Waals surface area contributed by atoms with Crippen molar-refractivity contribution in [2.75, 3.05) is 12.4 Å². The van der Waals surface area contributed by atoms with Gasteiger partial charge in [-0.15, -0.1) is 0 Å². The van der Waals surface area contributed by atoms with Crippen LogP contribution in [0.2, 0.25) is 0 Å². The SMILES string of the molecule is COC(=O)c1ccc(NC(=O)Cn2cc[n+](C)c2C)cc1O.[Br-]. The first-order chi connectivity index (χ1) is 10.4. The van der Waals surface area contributed by atoms with Crippen LogP contribution in [0.4, 0.5) is 5.69 Å². The van der Waals surface area contributed by atoms with E-state index in [1.54, 1.807) is 4.57 Å². The molecule has 124 valence electrons. The van der Waals surface area contributed by atoms with Crippen LogP contribution in [0.1, 0.15) is 16.2 Å². The average Bonchev–Trinajstić information content (AvgIpc) is 2.78. The normalized spacial score (nSPS) is 9.87. The highest BCUT2D eigenvalue weighted by atomic mass is 79.9. The molecule has 0 bridgehead atoms. The van der Waals surface area contributed by atoms with Crippen molar-refractivity contribution in [3.8, 4) is 5.75 Å². The van der Waals surface area contributed by atoms with Crippen LogP contribution in [0, 0.1) is 6.92 Å². The van der Waals surface area contributed by atoms with Gasteiger partial charge in [0.05, 0.1) is 14.2 Å². The van der Waals surface area contributed by atoms with Gasteiger partial charge in [0.25, 0.3) is 11.7 Å². The fourth-order valence-corrected chi connectivity index (χ4v) is 2.01. The number of nitrogens with one attached hydrogen (secondary N) is 1. The van der Waals surface area contributed by atoms with E-state index in [1.165, 1.54) is 25.3 Å². The van der Waals surface area contributed by atoms with Gasteiger partial charge in [0, 0.05) is 18.7 Å². The van der Waals surface area contributed by atoms with Crippen molar-refractivity contribution >= 4 is 17.6 Å². The van der Waals surface area contributed by atoms with E-state index >= 15 is 0 Å². The van der Waals surface area contributed by atoms with Crippen LogP contribution in [0.5, 0.6) is 5.75 Å². The lowest BCUT2D eigenvalue weighted by atomic mass is 10.2. The standard InChI is InChI=1S/C15H17N3O4.BrH/c1-10-17(2)6-7-18(10)9-14(20)16-11-4-5-12(13(19)8-11)15(21)22-3;/h4-8H,9H2,1-3H3,(H-,16,19,20,21);1H. The first-order valence-corrected chi connectivity index (χ1v) is 6.65. The number of aromatic hydroxyl groups is 1. The molecular formula is C15H18BrN3O4. The maximum absolute atomic E-state index is 12.0. The minimum atomic E-state index is -0.633. The number of carbonyl (C=O) groups excluding carboxylic acids is 2. The van der Waals surface area contributed by atoms with Crippen molar-refractivity contribution in [3.05, 3.63) is 42.0 Å². The van der Waals surface area contributed by atoms with E-state index < -0.39 is 5.97 Å². The minimum absolute atomic E-state index is 0. The first-order valence-electron chi connectivity index (χ1n) is 6.65. The molecule has 0 aliphatic carbocycles. The van der Waals surface area contributed by atoms with Gasteiger partial charge >= 0.3 is 5.97 Å². The van der Waals surface area contributed by atoms with Gasteiger partial charge < -0.3 is 32.1 Å². The van der Waals surface area contributed by atoms with E-state index in [0.717, 1.165) is 5.82 Å². The number of aromatic nitrogens is 2. The molecule has 2 aromatic rings. The van der Waals surface area contributed by atoms with Crippen LogP contribution >= 0.6 is 0 Å². The molecule has 0 aliphatic heterocycles. The number of aryl methyl sites for hydroxylation is 1. The third kappa shape index (κ3) is 4.32. The van der Waals surface area contributed by atoms with Gasteiger partial charge in [-0.1, -0.05) is 0 Å². The Bertz CT molecular complexity index is 728. The number of benzene rings is 1. The zero-order valence-corrected chi connectivity index (χ0v) is 14.6. The van der Waals surface area contributed by atoms with Crippen LogP contribution in [0.3, 0.4) is 0 Å². The van der Waals surface area contributed by atoms with Crippen molar-refractivity contribution in [1.29, 1.82) is 0 Å². The molecule has 8 heteroatoms. The summed E-state index contributed by atoms with van der Waals surface area (Å²) in [6, 6.07) is 4.25. The molecule has 7 nitrogen and oxygen atoms in total. The van der Waals surface area contributed by atoms with Gasteiger partial charge in [-0.3, -0.25) is 4.79 Å². The molecule has 0 radical (unpaired) electrons. The second-order valence-corrected chi connectivity index (χ2v) is 4.86. The predicted octanol–water partition coefficient (Wildman–Crippen LogP) is -2.24. The molecule has 1 heterocycles. The third-order valence-electron chi connectivity index (χ3n) is 3.40. The number of esters is 1. The fourth-order valence-electron chi connectivity index (χ4n) is 2.01. The summed E-state index contributed by atoms with van der Waals surface area (Å²) >= 11 is 0. The number of carbonyl (C=O) groups is 2. The van der Waals surface area contributed by atoms with Crippen molar-refractivity contribution in [3.63, 3.8) is 0 Å². The van der Waals surface area contributed by atoms with E-state index in [2.05, 4.69) is 10.1 Å². The number of hydrogen-bond donors (Lipinski definition) is 2. The number of hydrogen-bond acceptors (Lipinski definition) is 4. The number of rotatable bonds is 4. The summed E-state index contributed by atoms with van der Waals surface area (Å²) in [7, 11) is 3.13. The quantitative estimate of drug-likeness (QED) is 0.461. The molecule has 1 aromatic heterocycles. The van der Waals surface area contributed by atoms with Crippen LogP contribution < -0.4 is 26.9 Å². The maximum atomic E-state index is 12.0. The average molecular weight is 384 g/mol. The number of ether oxygens (including phenoxy) is 1. The van der Waals surface area contributed by atoms with Gasteiger partial charge in [-0.05, 0) is 12.1 Å². The zero-order chi connectivity index (χ0) is 16.3. The predicted molar refractivity (Wildman–Crippen MR) is 78.4 cm³/mol. The lowest BCUT2D eigenvalue weighted by Crippen LogP contribution is -3.00. The highest BCUT2D eigenvalue weighted by Gasteiger charge is 2.15. The summed E-state index contributed by atoms with van der Waals surface area (Å²) in [5.74, 6) is -0.164. The van der Waals surface area contributed by atoms with Crippen molar-refractivity contribution in [2.45, 2.75) is 13.5 Å². The first kappa shape index (κ1) is 18.7. The highest BCUT2D eigenvalue weighted by molar-refractivity contribution is 5.95. The summed E-state index contributed by atoms with van der Waals surface area (Å²) < 4.78 is 8.25. The molecule has 0 saturated carbocycles. The molecule has 0 atom stereocenters. The number of halogens is 1. The Morgan fingerprint density at radius 2 is 2.09 bits per heavy atom. The van der Waals surface area contributed by atoms with E-state index in [-0.39, 0.29) is 40.7 Å². The van der Waals surface area contributed by atoms with Gasteiger partial charge in [0.15, 0.2) is 6.54 Å². The number of phenols is 1. The molecule has 23 heavy (non-hydrogen) atoms. The van der Waals surface area contributed by atoms with Crippen LogP contribution in [-0.2, 0) is 23.1 Å². The number of phenolic OH excluding ortho intramolecular Hbond substituents is 1. The zero-order valence-electron chi connectivity index (χ0n) is 13.0. The summed E-state index contributed by atoms with van der Waals surface area (Å²) in [5, 5.41) is 12.5. The summed E-state index contributed by atoms with van der Waals surface area (Å²) in [6.45, 7) is 2.07. The van der Waals surface area contributed by atoms with Gasteiger partial charge in [0.1, 0.15) is 23.7 Å². The number of amides is 1. The smallest absolute Gasteiger partial charge is 0.341 e. The van der Waals surface area contributed by atoms with Gasteiger partial charge in [-0.25, -0.2) is 13.9 Å². The van der Waals surface area contributed by atoms with E-state index in [4.69, 9.17) is 0 Å². The molecule has 0 spiro atoms. The van der Waals surface area contributed by atoms with E-state index in [9.17, 15) is 14.7 Å². The van der Waals surface area contributed by atoms with Crippen molar-refractivity contribution in [1.82, 2.24) is 4.57 Å². The van der Waals surface area contributed by atoms with Crippen LogP contribution in [0.25, 0.3) is 0 Å². The summed E-state index contributed by atoms with van der Waals surface area (Å²) in [6.07, 6.45) is 3.67. The largest absolute Gasteiger partial charge is 1.00 e. The molecular weight excluding hydrogens is 366 g/mol. The Balaban J connectivity index is 0.00000264. The summed E-state index contributed by atoms with van der Waals surface area (Å²) in [4.78, 5) is 23.4. The second-order valence-electron chi connectivity index (χ2n) is 4.86. The molecule has 2 N–H and O–H groups in total. The number of anilines is 1. The Hall–Kier alpha value is -2.35. The van der Waals surface area contributed by atoms with Crippen molar-refractivity contribution in [2.24, 2.45) is 7.05 Å². The Labute approximate surface area is 144 Å². The number of nitrogens with zero attached hydrogens (tertiary/aromatic N) is 2. The molecule has 0 saturated heterocycles. The van der Waals surface area contributed by atoms with Gasteiger partial charge in [0.2, 0.25) is 0 Å². The maximum Gasteiger partial charge on any atom is 0.341 e. The van der Waals surface area contributed by atoms with Crippen molar-refractivity contribution < 1.29 is 41.0 Å². The lowest BCUT2D eigenvalue weighted by Gasteiger charge is -2.07. The second kappa shape index (κ2) is 7.77. The minimum Gasteiger partial charge on any atom is -1.00 e. The summed E-state index contributed by atoms with van der Waals surface area (Å²) in [5.41, 5.74) is 0.457. The highest BCUT2D eigenvalue weighted by Crippen LogP contribution is 2.22. The monoisotopic (exact) mass is 383 g/mol. The topological polar surface area (TPSA) is 84.4 Å².